The predicted octanol–water partition coefficient (Wildman–Crippen LogP) is 3.10. The Morgan fingerprint density at radius 3 is 2.32 bits per heavy atom. The Balaban J connectivity index is 2.02. The van der Waals surface area contributed by atoms with Gasteiger partial charge in [-0.3, -0.25) is 9.59 Å². The summed E-state index contributed by atoms with van der Waals surface area (Å²) in [6.07, 6.45) is -3.71. The van der Waals surface area contributed by atoms with Crippen LogP contribution < -0.4 is 10.7 Å². The van der Waals surface area contributed by atoms with Gasteiger partial charge in [-0.15, -0.1) is 0 Å². The number of alkyl halides is 3. The maximum Gasteiger partial charge on any atom is 0.417 e. The summed E-state index contributed by atoms with van der Waals surface area (Å²) in [7, 11) is 0. The van der Waals surface area contributed by atoms with Gasteiger partial charge in [-0.05, 0) is 24.6 Å². The average Bonchev–Trinajstić information content (AvgIpc) is 2.56. The van der Waals surface area contributed by atoms with Crippen LogP contribution in [-0.2, 0) is 15.8 Å². The molecule has 2 aromatic carbocycles. The van der Waals surface area contributed by atoms with Crippen LogP contribution in [0.4, 0.5) is 18.9 Å². The topological polar surface area (TPSA) is 70.6 Å². The molecule has 2 aromatic rings. The van der Waals surface area contributed by atoms with E-state index in [0.29, 0.717) is 5.69 Å². The van der Waals surface area contributed by atoms with Gasteiger partial charge in [-0.25, -0.2) is 5.43 Å². The number of nitrogens with one attached hydrogen (secondary N) is 2. The first-order chi connectivity index (χ1) is 11.8. The highest BCUT2D eigenvalue weighted by atomic mass is 19.4. The summed E-state index contributed by atoms with van der Waals surface area (Å²) in [6.45, 7) is 1.75. The number of rotatable bonds is 3. The second-order valence-electron chi connectivity index (χ2n) is 5.05. The van der Waals surface area contributed by atoms with Gasteiger partial charge in [0.25, 0.3) is 0 Å². The molecule has 5 nitrogen and oxygen atoms in total. The number of anilines is 1. The van der Waals surface area contributed by atoms with Crippen molar-refractivity contribution < 1.29 is 22.8 Å². The van der Waals surface area contributed by atoms with Crippen molar-refractivity contribution in [1.82, 2.24) is 5.43 Å². The smallest absolute Gasteiger partial charge is 0.317 e. The number of carbonyl (C=O) groups excluding carboxylic acids is 2. The Kier molecular flexibility index (Phi) is 5.53. The highest BCUT2D eigenvalue weighted by molar-refractivity contribution is 6.39. The second kappa shape index (κ2) is 7.61. The minimum absolute atomic E-state index is 0.227. The predicted molar refractivity (Wildman–Crippen MR) is 87.0 cm³/mol. The summed E-state index contributed by atoms with van der Waals surface area (Å²) in [5.41, 5.74) is 1.99. The van der Waals surface area contributed by atoms with E-state index < -0.39 is 23.6 Å². The third kappa shape index (κ3) is 4.90. The van der Waals surface area contributed by atoms with Gasteiger partial charge < -0.3 is 5.32 Å². The Morgan fingerprint density at radius 2 is 1.64 bits per heavy atom. The molecule has 2 N–H and O–H groups in total. The molecule has 0 bridgehead atoms. The molecule has 25 heavy (non-hydrogen) atoms. The van der Waals surface area contributed by atoms with Crippen molar-refractivity contribution in [3.05, 3.63) is 65.2 Å². The van der Waals surface area contributed by atoms with Crippen molar-refractivity contribution in [2.75, 3.05) is 5.32 Å². The number of para-hydroxylation sites is 1. The van der Waals surface area contributed by atoms with E-state index in [1.54, 1.807) is 31.2 Å². The van der Waals surface area contributed by atoms with Crippen molar-refractivity contribution in [2.45, 2.75) is 13.1 Å². The number of amides is 2. The molecule has 2 amide bonds. The fourth-order valence-corrected chi connectivity index (χ4v) is 1.97. The van der Waals surface area contributed by atoms with Crippen LogP contribution >= 0.6 is 0 Å². The molecule has 0 atom stereocenters. The number of benzene rings is 2. The number of halogens is 3. The molecule has 0 aliphatic heterocycles. The van der Waals surface area contributed by atoms with Crippen LogP contribution in [0.3, 0.4) is 0 Å². The highest BCUT2D eigenvalue weighted by Gasteiger charge is 2.32. The molecule has 130 valence electrons. The van der Waals surface area contributed by atoms with Gasteiger partial charge in [0.1, 0.15) is 0 Å². The zero-order valence-electron chi connectivity index (χ0n) is 13.1. The average molecular weight is 349 g/mol. The molecule has 0 unspecified atom stereocenters. The summed E-state index contributed by atoms with van der Waals surface area (Å²) >= 11 is 0. The van der Waals surface area contributed by atoms with Crippen molar-refractivity contribution >= 4 is 23.7 Å². The molecule has 8 heteroatoms. The first-order valence-corrected chi connectivity index (χ1v) is 7.15. The molecule has 0 saturated carbocycles. The molecule has 2 rings (SSSR count). The number of hydrogen-bond acceptors (Lipinski definition) is 3. The largest absolute Gasteiger partial charge is 0.417 e. The lowest BCUT2D eigenvalue weighted by atomic mass is 10.1. The number of carbonyl (C=O) groups is 2. The van der Waals surface area contributed by atoms with Crippen LogP contribution in [-0.4, -0.2) is 18.0 Å². The highest BCUT2D eigenvalue weighted by Crippen LogP contribution is 2.30. The lowest BCUT2D eigenvalue weighted by Crippen LogP contribution is -2.32. The van der Waals surface area contributed by atoms with Gasteiger partial charge in [0, 0.05) is 11.3 Å². The quantitative estimate of drug-likeness (QED) is 0.508. The van der Waals surface area contributed by atoms with Crippen LogP contribution in [0, 0.1) is 6.92 Å². The molecule has 0 fully saturated rings. The maximum absolute atomic E-state index is 12.8. The zero-order valence-corrected chi connectivity index (χ0v) is 13.1. The number of aryl methyl sites for hydroxylation is 1. The summed E-state index contributed by atoms with van der Waals surface area (Å²) < 4.78 is 38.5. The van der Waals surface area contributed by atoms with E-state index in [9.17, 15) is 22.8 Å². The molecular formula is C17H14F3N3O2. The first-order valence-electron chi connectivity index (χ1n) is 7.15. The van der Waals surface area contributed by atoms with E-state index in [4.69, 9.17) is 0 Å². The molecule has 0 spiro atoms. The van der Waals surface area contributed by atoms with E-state index in [1.165, 1.54) is 18.2 Å². The fraction of sp³-hybridized carbons (Fsp3) is 0.118. The molecule has 0 aliphatic carbocycles. The monoisotopic (exact) mass is 349 g/mol. The molecular weight excluding hydrogens is 335 g/mol. The number of hydrogen-bond donors (Lipinski definition) is 2. The number of hydrazone groups is 1. The summed E-state index contributed by atoms with van der Waals surface area (Å²) in [4.78, 5) is 23.4. The van der Waals surface area contributed by atoms with Gasteiger partial charge in [0.15, 0.2) is 0 Å². The minimum atomic E-state index is -4.55. The fourth-order valence-electron chi connectivity index (χ4n) is 1.97. The standard InChI is InChI=1S/C17H14F3N3O2/c1-11-6-2-5-9-14(11)22-15(24)16(25)23-21-10-12-7-3-4-8-13(12)17(18,19)20/h2-10H,1H3,(H,22,24)(H,23,25). The zero-order chi connectivity index (χ0) is 18.4. The van der Waals surface area contributed by atoms with E-state index in [1.807, 2.05) is 5.43 Å². The van der Waals surface area contributed by atoms with Gasteiger partial charge in [-0.1, -0.05) is 36.4 Å². The lowest BCUT2D eigenvalue weighted by Gasteiger charge is -2.09. The third-order valence-electron chi connectivity index (χ3n) is 3.24. The van der Waals surface area contributed by atoms with Crippen LogP contribution in [0.1, 0.15) is 16.7 Å². The van der Waals surface area contributed by atoms with Crippen LogP contribution in [0.2, 0.25) is 0 Å². The number of nitrogens with zero attached hydrogens (tertiary/aromatic N) is 1. The van der Waals surface area contributed by atoms with Crippen LogP contribution in [0.15, 0.2) is 53.6 Å². The summed E-state index contributed by atoms with van der Waals surface area (Å²) in [5.74, 6) is -2.07. The van der Waals surface area contributed by atoms with Crippen molar-refractivity contribution in [3.8, 4) is 0 Å². The second-order valence-corrected chi connectivity index (χ2v) is 5.05. The molecule has 0 aromatic heterocycles. The van der Waals surface area contributed by atoms with Gasteiger partial charge in [-0.2, -0.15) is 18.3 Å². The third-order valence-corrected chi connectivity index (χ3v) is 3.24. The van der Waals surface area contributed by atoms with Gasteiger partial charge in [0.05, 0.1) is 11.8 Å². The van der Waals surface area contributed by atoms with Crippen LogP contribution in [0.5, 0.6) is 0 Å². The normalized spacial score (nSPS) is 11.4. The van der Waals surface area contributed by atoms with E-state index in [-0.39, 0.29) is 5.56 Å². The van der Waals surface area contributed by atoms with E-state index in [2.05, 4.69) is 10.4 Å². The van der Waals surface area contributed by atoms with Crippen molar-refractivity contribution in [3.63, 3.8) is 0 Å². The SMILES string of the molecule is Cc1ccccc1NC(=O)C(=O)NN=Cc1ccccc1C(F)(F)F. The molecule has 0 aliphatic rings. The minimum Gasteiger partial charge on any atom is -0.317 e. The van der Waals surface area contributed by atoms with Gasteiger partial charge >= 0.3 is 18.0 Å². The van der Waals surface area contributed by atoms with Gasteiger partial charge in [0.2, 0.25) is 0 Å². The Morgan fingerprint density at radius 1 is 1.00 bits per heavy atom. The molecule has 0 radical (unpaired) electrons. The Hall–Kier alpha value is -3.16. The molecule has 0 saturated heterocycles. The van der Waals surface area contributed by atoms with Crippen molar-refractivity contribution in [2.24, 2.45) is 5.10 Å². The first kappa shape index (κ1) is 18.2. The maximum atomic E-state index is 12.8. The van der Waals surface area contributed by atoms with E-state index >= 15 is 0 Å². The van der Waals surface area contributed by atoms with Crippen molar-refractivity contribution in [1.29, 1.82) is 0 Å². The summed E-state index contributed by atoms with van der Waals surface area (Å²) in [5, 5.41) is 5.80. The van der Waals surface area contributed by atoms with E-state index in [0.717, 1.165) is 17.8 Å². The molecule has 0 heterocycles. The lowest BCUT2D eigenvalue weighted by molar-refractivity contribution is -0.137. The summed E-state index contributed by atoms with van der Waals surface area (Å²) in [6, 6.07) is 11.6. The Bertz CT molecular complexity index is 817. The van der Waals surface area contributed by atoms with Crippen LogP contribution in [0.25, 0.3) is 0 Å². The Labute approximate surface area is 141 Å².